The van der Waals surface area contributed by atoms with Gasteiger partial charge in [-0.2, -0.15) is 0 Å². The van der Waals surface area contributed by atoms with Gasteiger partial charge in [0.2, 0.25) is 9.84 Å². The second kappa shape index (κ2) is 6.90. The zero-order chi connectivity index (χ0) is 18.1. The van der Waals surface area contributed by atoms with Crippen molar-refractivity contribution in [3.05, 3.63) is 71.8 Å². The number of rotatable bonds is 4. The summed E-state index contributed by atoms with van der Waals surface area (Å²) < 4.78 is 25.6. The highest BCUT2D eigenvalue weighted by molar-refractivity contribution is 7.92. The molecule has 0 aromatic heterocycles. The van der Waals surface area contributed by atoms with Crippen molar-refractivity contribution in [2.45, 2.75) is 42.1 Å². The molecule has 0 aliphatic heterocycles. The van der Waals surface area contributed by atoms with Crippen molar-refractivity contribution >= 4 is 24.5 Å². The molecule has 3 rings (SSSR count). The number of hydrogen-bond donors (Lipinski definition) is 1. The highest BCUT2D eigenvalue weighted by Gasteiger charge is 2.42. The molecule has 0 spiro atoms. The van der Waals surface area contributed by atoms with Gasteiger partial charge in [0.25, 0.3) is 0 Å². The van der Waals surface area contributed by atoms with E-state index in [4.69, 9.17) is 0 Å². The molecule has 0 bridgehead atoms. The standard InChI is InChI=1S/C20H24O3SSi/c1-15-7-6-10-19(16(15)2)25-18-11-13-20(21,14-12-18)24(22,23)17-8-4-3-5-9-17/h3-11,13,18,21H,12,14,25H2,1-2H3/t18-,20-/m1/s1. The molecule has 1 N–H and O–H groups in total. The summed E-state index contributed by atoms with van der Waals surface area (Å²) in [4.78, 5) is -1.62. The molecular weight excluding hydrogens is 348 g/mol. The average Bonchev–Trinajstić information content (AvgIpc) is 2.61. The summed E-state index contributed by atoms with van der Waals surface area (Å²) in [7, 11) is -4.34. The van der Waals surface area contributed by atoms with E-state index < -0.39 is 24.3 Å². The van der Waals surface area contributed by atoms with E-state index in [1.807, 2.05) is 6.08 Å². The van der Waals surface area contributed by atoms with E-state index in [0.717, 1.165) is 0 Å². The van der Waals surface area contributed by atoms with E-state index in [9.17, 15) is 13.5 Å². The third-order valence-corrected chi connectivity index (χ3v) is 9.79. The normalized spacial score (nSPS) is 24.0. The number of benzene rings is 2. The molecule has 0 saturated heterocycles. The van der Waals surface area contributed by atoms with Crippen molar-refractivity contribution in [2.24, 2.45) is 0 Å². The van der Waals surface area contributed by atoms with Crippen LogP contribution in [0, 0.1) is 13.8 Å². The lowest BCUT2D eigenvalue weighted by atomic mass is 10.0. The van der Waals surface area contributed by atoms with Crippen LogP contribution < -0.4 is 5.19 Å². The fraction of sp³-hybridized carbons (Fsp3) is 0.300. The molecule has 2 aromatic carbocycles. The summed E-state index contributed by atoms with van der Waals surface area (Å²) in [6, 6.07) is 14.6. The van der Waals surface area contributed by atoms with Gasteiger partial charge in [0, 0.05) is 0 Å². The first-order valence-corrected chi connectivity index (χ1v) is 11.6. The largest absolute Gasteiger partial charge is 0.371 e. The van der Waals surface area contributed by atoms with Gasteiger partial charge in [-0.3, -0.25) is 0 Å². The monoisotopic (exact) mass is 372 g/mol. The van der Waals surface area contributed by atoms with Crippen LogP contribution in [0.5, 0.6) is 0 Å². The Bertz CT molecular complexity index is 890. The molecule has 0 fully saturated rings. The number of aliphatic hydroxyl groups is 1. The van der Waals surface area contributed by atoms with Gasteiger partial charge in [-0.25, -0.2) is 8.42 Å². The Labute approximate surface area is 152 Å². The zero-order valence-electron chi connectivity index (χ0n) is 14.6. The lowest BCUT2D eigenvalue weighted by Gasteiger charge is -2.30. The van der Waals surface area contributed by atoms with Gasteiger partial charge in [0.05, 0.1) is 14.4 Å². The molecule has 0 unspecified atom stereocenters. The summed E-state index contributed by atoms with van der Waals surface area (Å²) in [5.74, 6) is 0. The van der Waals surface area contributed by atoms with E-state index in [1.165, 1.54) is 34.5 Å². The summed E-state index contributed by atoms with van der Waals surface area (Å²) in [6.07, 6.45) is 4.40. The molecular formula is C20H24O3SSi. The summed E-state index contributed by atoms with van der Waals surface area (Å²) >= 11 is 0. The maximum atomic E-state index is 12.8. The van der Waals surface area contributed by atoms with Crippen molar-refractivity contribution < 1.29 is 13.5 Å². The third-order valence-electron chi connectivity index (χ3n) is 5.22. The summed E-state index contributed by atoms with van der Waals surface area (Å²) in [6.45, 7) is 4.27. The van der Waals surface area contributed by atoms with Gasteiger partial charge in [0.15, 0.2) is 4.93 Å². The maximum Gasteiger partial charge on any atom is 0.211 e. The van der Waals surface area contributed by atoms with Crippen LogP contribution in [0.3, 0.4) is 0 Å². The summed E-state index contributed by atoms with van der Waals surface area (Å²) in [5, 5.41) is 12.2. The second-order valence-corrected chi connectivity index (χ2v) is 11.3. The fourth-order valence-corrected chi connectivity index (χ4v) is 7.04. The van der Waals surface area contributed by atoms with Crippen molar-refractivity contribution in [2.75, 3.05) is 0 Å². The molecule has 132 valence electrons. The molecule has 0 radical (unpaired) electrons. The highest BCUT2D eigenvalue weighted by atomic mass is 32.2. The van der Waals surface area contributed by atoms with Crippen molar-refractivity contribution in [1.29, 1.82) is 0 Å². The third kappa shape index (κ3) is 3.49. The van der Waals surface area contributed by atoms with Crippen LogP contribution in [0.2, 0.25) is 5.54 Å². The first-order valence-electron chi connectivity index (χ1n) is 8.60. The average molecular weight is 373 g/mol. The molecule has 5 heteroatoms. The van der Waals surface area contributed by atoms with Crippen LogP contribution in [0.1, 0.15) is 24.0 Å². The van der Waals surface area contributed by atoms with Gasteiger partial charge in [-0.15, -0.1) is 0 Å². The molecule has 1 aliphatic rings. The smallest absolute Gasteiger partial charge is 0.211 e. The Morgan fingerprint density at radius 2 is 1.80 bits per heavy atom. The molecule has 3 nitrogen and oxygen atoms in total. The molecule has 25 heavy (non-hydrogen) atoms. The van der Waals surface area contributed by atoms with E-state index in [0.29, 0.717) is 12.0 Å². The Balaban J connectivity index is 1.81. The number of sulfone groups is 1. The molecule has 2 aromatic rings. The molecule has 2 atom stereocenters. The minimum Gasteiger partial charge on any atom is -0.371 e. The van der Waals surface area contributed by atoms with Gasteiger partial charge in [-0.1, -0.05) is 47.7 Å². The van der Waals surface area contributed by atoms with Crippen LogP contribution in [-0.2, 0) is 9.84 Å². The van der Waals surface area contributed by atoms with Crippen LogP contribution in [0.4, 0.5) is 0 Å². The van der Waals surface area contributed by atoms with Crippen LogP contribution in [0.15, 0.2) is 65.6 Å². The molecule has 1 aliphatic carbocycles. The van der Waals surface area contributed by atoms with Gasteiger partial charge < -0.3 is 5.11 Å². The topological polar surface area (TPSA) is 54.4 Å². The predicted octanol–water partition coefficient (Wildman–Crippen LogP) is 2.40. The molecule has 0 amide bonds. The Morgan fingerprint density at radius 1 is 1.08 bits per heavy atom. The Kier molecular flexibility index (Phi) is 5.00. The Morgan fingerprint density at radius 3 is 2.44 bits per heavy atom. The van der Waals surface area contributed by atoms with Crippen molar-refractivity contribution in [1.82, 2.24) is 0 Å². The molecule has 0 heterocycles. The lowest BCUT2D eigenvalue weighted by molar-refractivity contribution is 0.155. The van der Waals surface area contributed by atoms with Crippen LogP contribution >= 0.6 is 0 Å². The SMILES string of the molecule is Cc1cccc([SiH2][C@@H]2C=C[C@@](O)(S(=O)(=O)c3ccccc3)CC2)c1C. The zero-order valence-corrected chi connectivity index (χ0v) is 16.9. The lowest BCUT2D eigenvalue weighted by Crippen LogP contribution is -2.39. The number of allylic oxidation sites excluding steroid dienone is 1. The van der Waals surface area contributed by atoms with E-state index >= 15 is 0 Å². The quantitative estimate of drug-likeness (QED) is 0.662. The van der Waals surface area contributed by atoms with Crippen molar-refractivity contribution in [3.8, 4) is 0 Å². The number of aryl methyl sites for hydroxylation is 1. The first-order chi connectivity index (χ1) is 11.8. The molecule has 0 saturated carbocycles. The van der Waals surface area contributed by atoms with E-state index in [1.54, 1.807) is 18.2 Å². The van der Waals surface area contributed by atoms with Crippen molar-refractivity contribution in [3.63, 3.8) is 0 Å². The second-order valence-electron chi connectivity index (χ2n) is 6.88. The summed E-state index contributed by atoms with van der Waals surface area (Å²) in [5.41, 5.74) is 3.03. The predicted molar refractivity (Wildman–Crippen MR) is 105 cm³/mol. The minimum absolute atomic E-state index is 0.173. The van der Waals surface area contributed by atoms with Gasteiger partial charge in [0.1, 0.15) is 0 Å². The van der Waals surface area contributed by atoms with Gasteiger partial charge in [-0.05, 0) is 61.6 Å². The minimum atomic E-state index is -3.79. The van der Waals surface area contributed by atoms with Crippen LogP contribution in [0.25, 0.3) is 0 Å². The fourth-order valence-electron chi connectivity index (χ4n) is 3.37. The highest BCUT2D eigenvalue weighted by Crippen LogP contribution is 2.36. The van der Waals surface area contributed by atoms with Crippen LogP contribution in [-0.4, -0.2) is 28.0 Å². The van der Waals surface area contributed by atoms with E-state index in [-0.39, 0.29) is 11.3 Å². The van der Waals surface area contributed by atoms with Gasteiger partial charge >= 0.3 is 0 Å². The van der Waals surface area contributed by atoms with E-state index in [2.05, 4.69) is 32.0 Å². The first kappa shape index (κ1) is 18.1. The number of hydrogen-bond acceptors (Lipinski definition) is 3. The Hall–Kier alpha value is -1.69. The maximum absolute atomic E-state index is 12.8.